The van der Waals surface area contributed by atoms with E-state index in [9.17, 15) is 5.11 Å². The van der Waals surface area contributed by atoms with Gasteiger partial charge in [0.1, 0.15) is 59.6 Å². The standard InChI is InChI=1S/C27H50O5S2/c1-26(2,3)33(7)31-18-11-9-16-29-24-20-23(14-13-15-28)21-25(22-24)30-17-10-12-19-32-34(8)27(4,5)6/h20-22,28H,9-19H2,1-8H3/q+2. The molecule has 0 saturated carbocycles. The molecule has 1 aromatic rings. The summed E-state index contributed by atoms with van der Waals surface area (Å²) in [5, 5.41) is 9.21. The molecule has 0 radical (unpaired) electrons. The minimum absolute atomic E-state index is 0.0360. The predicted molar refractivity (Wildman–Crippen MR) is 149 cm³/mol. The largest absolute Gasteiger partial charge is 0.493 e. The van der Waals surface area contributed by atoms with E-state index in [-0.39, 0.29) is 38.5 Å². The minimum Gasteiger partial charge on any atom is -0.493 e. The fourth-order valence-electron chi connectivity index (χ4n) is 2.73. The Morgan fingerprint density at radius 2 is 1.06 bits per heavy atom. The summed E-state index contributed by atoms with van der Waals surface area (Å²) in [6.45, 7) is 16.3. The Morgan fingerprint density at radius 1 is 0.647 bits per heavy atom. The van der Waals surface area contributed by atoms with Crippen LogP contribution in [0.2, 0.25) is 0 Å². The van der Waals surface area contributed by atoms with Gasteiger partial charge in [-0.25, -0.2) is 0 Å². The predicted octanol–water partition coefficient (Wildman–Crippen LogP) is 5.89. The number of rotatable bonds is 17. The Kier molecular flexibility index (Phi) is 15.0. The number of aliphatic hydroxyl groups is 1. The van der Waals surface area contributed by atoms with E-state index >= 15 is 0 Å². The highest BCUT2D eigenvalue weighted by Gasteiger charge is 2.32. The highest BCUT2D eigenvalue weighted by molar-refractivity contribution is 7.93. The second-order valence-corrected chi connectivity index (χ2v) is 15.3. The normalized spacial score (nSPS) is 14.1. The fourth-order valence-corrected chi connectivity index (χ4v) is 4.18. The van der Waals surface area contributed by atoms with Crippen LogP contribution in [-0.4, -0.2) is 60.1 Å². The second kappa shape index (κ2) is 16.2. The molecular formula is C27H50O5S2+2. The van der Waals surface area contributed by atoms with Crippen LogP contribution in [0.1, 0.15) is 79.2 Å². The molecule has 1 aromatic carbocycles. The molecule has 0 aromatic heterocycles. The van der Waals surface area contributed by atoms with Gasteiger partial charge in [0, 0.05) is 12.7 Å². The van der Waals surface area contributed by atoms with Crippen molar-refractivity contribution in [3.63, 3.8) is 0 Å². The first kappa shape index (κ1) is 31.4. The third-order valence-corrected chi connectivity index (χ3v) is 9.91. The van der Waals surface area contributed by atoms with Gasteiger partial charge in [0.2, 0.25) is 0 Å². The van der Waals surface area contributed by atoms with Crippen LogP contribution in [0.25, 0.3) is 0 Å². The number of aryl methyl sites for hydroxylation is 1. The lowest BCUT2D eigenvalue weighted by atomic mass is 10.1. The first-order chi connectivity index (χ1) is 15.9. The Bertz CT molecular complexity index is 620. The molecule has 5 nitrogen and oxygen atoms in total. The SMILES string of the molecule is C[S+](OCCCCOc1cc(CCCO)cc(OCCCCO[S+](C)C(C)(C)C)c1)C(C)(C)C. The highest BCUT2D eigenvalue weighted by atomic mass is 32.2. The topological polar surface area (TPSA) is 57.2 Å². The van der Waals surface area contributed by atoms with E-state index in [0.717, 1.165) is 68.8 Å². The number of ether oxygens (including phenoxy) is 2. The van der Waals surface area contributed by atoms with Crippen LogP contribution in [0, 0.1) is 0 Å². The number of benzene rings is 1. The summed E-state index contributed by atoms with van der Waals surface area (Å²) >= 11 is -0.0720. The monoisotopic (exact) mass is 518 g/mol. The maximum Gasteiger partial charge on any atom is 0.152 e. The Labute approximate surface area is 215 Å². The molecule has 198 valence electrons. The molecule has 7 heteroatoms. The van der Waals surface area contributed by atoms with E-state index in [2.05, 4.69) is 66.2 Å². The summed E-state index contributed by atoms with van der Waals surface area (Å²) in [7, 11) is 0. The van der Waals surface area contributed by atoms with Crippen molar-refractivity contribution in [2.24, 2.45) is 0 Å². The molecule has 1 rings (SSSR count). The van der Waals surface area contributed by atoms with Crippen LogP contribution in [0.4, 0.5) is 0 Å². The maximum atomic E-state index is 9.21. The van der Waals surface area contributed by atoms with Crippen LogP contribution >= 0.6 is 0 Å². The summed E-state index contributed by atoms with van der Waals surface area (Å²) in [4.78, 5) is 0. The van der Waals surface area contributed by atoms with Gasteiger partial charge in [-0.05, 0) is 97.8 Å². The average molecular weight is 519 g/mol. The first-order valence-electron chi connectivity index (χ1n) is 12.5. The van der Waals surface area contributed by atoms with Gasteiger partial charge in [-0.3, -0.25) is 0 Å². The quantitative estimate of drug-likeness (QED) is 0.206. The van der Waals surface area contributed by atoms with Crippen LogP contribution in [0.15, 0.2) is 18.2 Å². The fraction of sp³-hybridized carbons (Fsp3) is 0.778. The summed E-state index contributed by atoms with van der Waals surface area (Å²) < 4.78 is 24.4. The molecule has 0 saturated heterocycles. The summed E-state index contributed by atoms with van der Waals surface area (Å²) in [6.07, 6.45) is 9.73. The first-order valence-corrected chi connectivity index (χ1v) is 15.6. The lowest BCUT2D eigenvalue weighted by molar-refractivity contribution is 0.268. The minimum atomic E-state index is -0.0360. The van der Waals surface area contributed by atoms with Crippen LogP contribution in [-0.2, 0) is 37.1 Å². The van der Waals surface area contributed by atoms with E-state index < -0.39 is 0 Å². The van der Waals surface area contributed by atoms with Crippen molar-refractivity contribution in [3.8, 4) is 11.5 Å². The Hall–Kier alpha value is -0.600. The molecule has 0 spiro atoms. The molecule has 2 atom stereocenters. The van der Waals surface area contributed by atoms with Gasteiger partial charge < -0.3 is 14.6 Å². The van der Waals surface area contributed by atoms with Gasteiger partial charge in [0.25, 0.3) is 0 Å². The van der Waals surface area contributed by atoms with Gasteiger partial charge in [0.05, 0.1) is 13.2 Å². The van der Waals surface area contributed by atoms with Crippen molar-refractivity contribution in [2.75, 3.05) is 45.5 Å². The van der Waals surface area contributed by atoms with Crippen LogP contribution in [0.5, 0.6) is 11.5 Å². The number of hydrogen-bond donors (Lipinski definition) is 1. The van der Waals surface area contributed by atoms with Gasteiger partial charge in [-0.1, -0.05) is 0 Å². The van der Waals surface area contributed by atoms with Crippen molar-refractivity contribution in [1.29, 1.82) is 0 Å². The van der Waals surface area contributed by atoms with Crippen molar-refractivity contribution in [2.45, 2.75) is 89.6 Å². The Balaban J connectivity index is 2.43. The lowest BCUT2D eigenvalue weighted by Gasteiger charge is -2.16. The van der Waals surface area contributed by atoms with E-state index in [1.54, 1.807) is 0 Å². The third-order valence-electron chi connectivity index (χ3n) is 5.42. The van der Waals surface area contributed by atoms with E-state index in [1.807, 2.05) is 6.07 Å². The Morgan fingerprint density at radius 3 is 1.44 bits per heavy atom. The molecule has 0 heterocycles. The zero-order valence-electron chi connectivity index (χ0n) is 22.9. The zero-order valence-corrected chi connectivity index (χ0v) is 24.5. The molecule has 0 bridgehead atoms. The number of unbranched alkanes of at least 4 members (excludes halogenated alkanes) is 2. The second-order valence-electron chi connectivity index (χ2n) is 10.5. The lowest BCUT2D eigenvalue weighted by Crippen LogP contribution is -2.29. The molecule has 2 unspecified atom stereocenters. The van der Waals surface area contributed by atoms with Crippen molar-refractivity contribution >= 4 is 22.4 Å². The maximum absolute atomic E-state index is 9.21. The van der Waals surface area contributed by atoms with Crippen molar-refractivity contribution in [1.82, 2.24) is 0 Å². The molecule has 0 aliphatic rings. The van der Waals surface area contributed by atoms with Crippen molar-refractivity contribution in [3.05, 3.63) is 23.8 Å². The highest BCUT2D eigenvalue weighted by Crippen LogP contribution is 2.25. The van der Waals surface area contributed by atoms with Gasteiger partial charge >= 0.3 is 0 Å². The summed E-state index contributed by atoms with van der Waals surface area (Å²) in [5.41, 5.74) is 1.13. The number of hydrogen-bond acceptors (Lipinski definition) is 5. The molecule has 0 fully saturated rings. The smallest absolute Gasteiger partial charge is 0.152 e. The third kappa shape index (κ3) is 14.1. The van der Waals surface area contributed by atoms with Crippen molar-refractivity contribution < 1.29 is 22.9 Å². The number of aliphatic hydroxyl groups excluding tert-OH is 1. The van der Waals surface area contributed by atoms with Gasteiger partial charge in [-0.15, -0.1) is 0 Å². The molecule has 0 aliphatic carbocycles. The van der Waals surface area contributed by atoms with E-state index in [1.165, 1.54) is 0 Å². The van der Waals surface area contributed by atoms with Crippen LogP contribution in [0.3, 0.4) is 0 Å². The average Bonchev–Trinajstić information content (AvgIpc) is 2.75. The summed E-state index contributed by atoms with van der Waals surface area (Å²) in [6, 6.07) is 6.09. The molecule has 0 amide bonds. The molecular weight excluding hydrogens is 468 g/mol. The molecule has 0 aliphatic heterocycles. The van der Waals surface area contributed by atoms with E-state index in [0.29, 0.717) is 13.2 Å². The summed E-state index contributed by atoms with van der Waals surface area (Å²) in [5.74, 6) is 1.67. The van der Waals surface area contributed by atoms with Crippen LogP contribution < -0.4 is 9.47 Å². The van der Waals surface area contributed by atoms with Gasteiger partial charge in [-0.2, -0.15) is 8.37 Å². The molecule has 34 heavy (non-hydrogen) atoms. The zero-order chi connectivity index (χ0) is 25.6. The van der Waals surface area contributed by atoms with Gasteiger partial charge in [0.15, 0.2) is 9.49 Å². The van der Waals surface area contributed by atoms with E-state index in [4.69, 9.17) is 17.8 Å². The molecule has 1 N–H and O–H groups in total.